The number of benzene rings is 1. The lowest BCUT2D eigenvalue weighted by molar-refractivity contribution is -0.154. The first-order valence-corrected chi connectivity index (χ1v) is 16.3. The third-order valence-corrected chi connectivity index (χ3v) is 8.26. The summed E-state index contributed by atoms with van der Waals surface area (Å²) in [5.41, 5.74) is -2.82. The van der Waals surface area contributed by atoms with Crippen molar-refractivity contribution in [3.63, 3.8) is 0 Å². The topological polar surface area (TPSA) is 221 Å². The lowest BCUT2D eigenvalue weighted by atomic mass is 9.83. The van der Waals surface area contributed by atoms with Crippen molar-refractivity contribution in [1.29, 1.82) is 0 Å². The molecule has 0 saturated carbocycles. The molecule has 56 heavy (non-hydrogen) atoms. The number of ketones is 4. The molecule has 18 heteroatoms. The van der Waals surface area contributed by atoms with Crippen LogP contribution in [0.25, 0.3) is 19.4 Å². The summed E-state index contributed by atoms with van der Waals surface area (Å²) in [7, 11) is 0. The van der Waals surface area contributed by atoms with Crippen molar-refractivity contribution in [3.8, 4) is 0 Å². The lowest BCUT2D eigenvalue weighted by Crippen LogP contribution is -2.40. The van der Waals surface area contributed by atoms with Crippen LogP contribution in [-0.4, -0.2) is 60.6 Å². The van der Waals surface area contributed by atoms with E-state index in [1.54, 1.807) is 19.9 Å². The number of Topliss-reactive ketones (excluding diaryl/α,β-unsaturated/α-hetero) is 4. The highest BCUT2D eigenvalue weighted by Gasteiger charge is 2.39. The van der Waals surface area contributed by atoms with E-state index in [9.17, 15) is 38.4 Å². The SMILES string of the molecule is [C-]#[N+]C1=C([N+]#[C-])C(=O)C2=C(CCC=C2NC(=O)NCOC(=O)C(C)(C)CC)C1=O.[C-]#[N+]C1=C([N+]#[C-])C(=O)c2c(NC(=O)NCOC(=O)C(=C)C)cccc2C1=O. The zero-order valence-corrected chi connectivity index (χ0v) is 30.4. The highest BCUT2D eigenvalue weighted by Crippen LogP contribution is 2.35. The molecule has 4 amide bonds. The molecule has 3 aliphatic rings. The van der Waals surface area contributed by atoms with Crippen LogP contribution in [0.15, 0.2) is 76.1 Å². The Morgan fingerprint density at radius 1 is 0.786 bits per heavy atom. The number of anilines is 1. The van der Waals surface area contributed by atoms with Gasteiger partial charge in [-0.3, -0.25) is 4.79 Å². The van der Waals surface area contributed by atoms with Crippen LogP contribution >= 0.6 is 0 Å². The van der Waals surface area contributed by atoms with E-state index in [1.165, 1.54) is 25.1 Å². The van der Waals surface area contributed by atoms with Crippen molar-refractivity contribution in [2.24, 2.45) is 5.41 Å². The lowest BCUT2D eigenvalue weighted by Gasteiger charge is -2.24. The highest BCUT2D eigenvalue weighted by molar-refractivity contribution is 6.30. The second-order valence-electron chi connectivity index (χ2n) is 12.3. The summed E-state index contributed by atoms with van der Waals surface area (Å²) >= 11 is 0. The van der Waals surface area contributed by atoms with Crippen molar-refractivity contribution in [2.45, 2.75) is 47.0 Å². The van der Waals surface area contributed by atoms with Gasteiger partial charge in [-0.05, 0) is 51.7 Å². The van der Waals surface area contributed by atoms with Crippen molar-refractivity contribution < 1.29 is 47.8 Å². The molecule has 0 saturated heterocycles. The molecule has 0 atom stereocenters. The number of fused-ring (bicyclic) bond motifs is 1. The quantitative estimate of drug-likeness (QED) is 0.0893. The van der Waals surface area contributed by atoms with Crippen LogP contribution in [0.5, 0.6) is 0 Å². The number of nitrogens with zero attached hydrogens (tertiary/aromatic N) is 4. The smallest absolute Gasteiger partial charge is 0.334 e. The Balaban J connectivity index is 0.000000301. The predicted molar refractivity (Wildman–Crippen MR) is 195 cm³/mol. The van der Waals surface area contributed by atoms with Crippen LogP contribution in [0.2, 0.25) is 0 Å². The number of urea groups is 2. The van der Waals surface area contributed by atoms with Gasteiger partial charge in [-0.2, -0.15) is 0 Å². The molecule has 0 fully saturated rings. The Morgan fingerprint density at radius 2 is 1.32 bits per heavy atom. The average molecular weight is 761 g/mol. The number of nitrogens with one attached hydrogen (secondary N) is 4. The summed E-state index contributed by atoms with van der Waals surface area (Å²) in [6.07, 6.45) is 2.76. The summed E-state index contributed by atoms with van der Waals surface area (Å²) in [5.74, 6) is -4.16. The summed E-state index contributed by atoms with van der Waals surface area (Å²) in [4.78, 5) is 109. The first kappa shape index (κ1) is 42.5. The standard InChI is InChI=1S/C20H20N4O5.C18H12N4O5/c1-6-20(2,3)18(27)29-10-23-19(28)24-12-9-7-8-11-13(12)17(26)15(22-5)14(21-4)16(11)25;1-9(2)17(25)27-8-21-18(26)22-11-7-5-6-10-12(11)16(24)14(20-4)13(19-3)15(10)23/h9H,6-8,10H2,1-3H3,(H2,23,24,28);5-7H,1,8H2,2H3,(H2,21,22,26). The minimum Gasteiger partial charge on any atom is -0.444 e. The highest BCUT2D eigenvalue weighted by atomic mass is 16.5. The van der Waals surface area contributed by atoms with Gasteiger partial charge in [0.15, 0.2) is 36.6 Å². The number of hydrogen-bond acceptors (Lipinski definition) is 10. The molecule has 0 aliphatic heterocycles. The van der Waals surface area contributed by atoms with Gasteiger partial charge in [0.25, 0.3) is 0 Å². The second kappa shape index (κ2) is 18.2. The number of rotatable bonds is 9. The van der Waals surface area contributed by atoms with Crippen LogP contribution in [0.4, 0.5) is 15.3 Å². The molecular formula is C38H32N8O10. The van der Waals surface area contributed by atoms with Gasteiger partial charge in [0.2, 0.25) is 22.8 Å². The fourth-order valence-corrected chi connectivity index (χ4v) is 4.92. The fraction of sp³-hybridized carbons (Fsp3) is 0.263. The zero-order chi connectivity index (χ0) is 41.9. The van der Waals surface area contributed by atoms with Gasteiger partial charge < -0.3 is 49.9 Å². The monoisotopic (exact) mass is 760 g/mol. The van der Waals surface area contributed by atoms with Crippen molar-refractivity contribution in [2.75, 3.05) is 18.8 Å². The number of ether oxygens (including phenoxy) is 2. The van der Waals surface area contributed by atoms with E-state index in [1.807, 2.05) is 6.92 Å². The van der Waals surface area contributed by atoms with E-state index in [2.05, 4.69) is 47.2 Å². The number of esters is 2. The van der Waals surface area contributed by atoms with Crippen LogP contribution in [0.3, 0.4) is 0 Å². The normalized spacial score (nSPS) is 14.5. The molecular weight excluding hydrogens is 728 g/mol. The van der Waals surface area contributed by atoms with Gasteiger partial charge in [0.05, 0.1) is 37.4 Å². The Labute approximate surface area is 320 Å². The Kier molecular flexibility index (Phi) is 13.8. The van der Waals surface area contributed by atoms with Crippen LogP contribution in [0.1, 0.15) is 67.7 Å². The van der Waals surface area contributed by atoms with E-state index >= 15 is 0 Å². The Hall–Kier alpha value is -7.96. The molecule has 18 nitrogen and oxygen atoms in total. The van der Waals surface area contributed by atoms with Crippen molar-refractivity contribution in [3.05, 3.63) is 133 Å². The average Bonchev–Trinajstić information content (AvgIpc) is 3.17. The number of carbonyl (C=O) groups is 8. The van der Waals surface area contributed by atoms with E-state index < -0.39 is 82.1 Å². The molecule has 284 valence electrons. The largest absolute Gasteiger partial charge is 0.444 e. The maximum atomic E-state index is 12.6. The fourth-order valence-electron chi connectivity index (χ4n) is 4.92. The molecule has 0 unspecified atom stereocenters. The maximum Gasteiger partial charge on any atom is 0.334 e. The maximum absolute atomic E-state index is 12.6. The molecule has 1 aromatic carbocycles. The van der Waals surface area contributed by atoms with Crippen LogP contribution in [-0.2, 0) is 28.7 Å². The summed E-state index contributed by atoms with van der Waals surface area (Å²) in [6, 6.07) is 2.58. The minimum atomic E-state index is -0.824. The number of carbonyl (C=O) groups excluding carboxylic acids is 8. The van der Waals surface area contributed by atoms with Gasteiger partial charge >= 0.3 is 24.0 Å². The summed E-state index contributed by atoms with van der Waals surface area (Å²) in [6.45, 7) is 37.6. The van der Waals surface area contributed by atoms with E-state index in [0.29, 0.717) is 12.8 Å². The van der Waals surface area contributed by atoms with E-state index in [-0.39, 0.29) is 52.4 Å². The summed E-state index contributed by atoms with van der Waals surface area (Å²) < 4.78 is 9.74. The molecule has 4 N–H and O–H groups in total. The molecule has 4 rings (SSSR count). The second-order valence-corrected chi connectivity index (χ2v) is 12.3. The zero-order valence-electron chi connectivity index (χ0n) is 30.4. The van der Waals surface area contributed by atoms with E-state index in [4.69, 9.17) is 35.8 Å². The summed E-state index contributed by atoms with van der Waals surface area (Å²) in [5, 5.41) is 9.41. The molecule has 0 heterocycles. The predicted octanol–water partition coefficient (Wildman–Crippen LogP) is 4.71. The first-order valence-electron chi connectivity index (χ1n) is 16.3. The molecule has 0 bridgehead atoms. The van der Waals surface area contributed by atoms with Crippen LogP contribution < -0.4 is 21.3 Å². The molecule has 3 aliphatic carbocycles. The van der Waals surface area contributed by atoms with Gasteiger partial charge in [0.1, 0.15) is 0 Å². The Morgan fingerprint density at radius 3 is 1.89 bits per heavy atom. The molecule has 0 spiro atoms. The number of hydrogen-bond donors (Lipinski definition) is 4. The van der Waals surface area contributed by atoms with E-state index in [0.717, 1.165) is 0 Å². The van der Waals surface area contributed by atoms with Crippen molar-refractivity contribution >= 4 is 52.8 Å². The van der Waals surface area contributed by atoms with Gasteiger partial charge in [-0.15, -0.1) is 0 Å². The molecule has 0 aromatic heterocycles. The Bertz CT molecular complexity index is 2300. The van der Waals surface area contributed by atoms with Gasteiger partial charge in [-0.25, -0.2) is 33.8 Å². The third kappa shape index (κ3) is 9.15. The number of amides is 4. The van der Waals surface area contributed by atoms with Gasteiger partial charge in [0, 0.05) is 28.0 Å². The minimum absolute atomic E-state index is 0.0141. The molecule has 1 aromatic rings. The molecule has 0 radical (unpaired) electrons. The number of allylic oxidation sites excluding steroid dienone is 6. The third-order valence-electron chi connectivity index (χ3n) is 8.26. The van der Waals surface area contributed by atoms with Crippen molar-refractivity contribution in [1.82, 2.24) is 16.0 Å². The van der Waals surface area contributed by atoms with Gasteiger partial charge in [-0.1, -0.05) is 31.7 Å². The van der Waals surface area contributed by atoms with Crippen LogP contribution in [0, 0.1) is 31.7 Å². The first-order chi connectivity index (χ1) is 26.5.